The number of ether oxygens (including phenoxy) is 3. The molecule has 1 aliphatic rings. The third-order valence-corrected chi connectivity index (χ3v) is 4.33. The monoisotopic (exact) mass is 389 g/mol. The van der Waals surface area contributed by atoms with E-state index in [0.717, 1.165) is 5.56 Å². The van der Waals surface area contributed by atoms with E-state index in [1.807, 2.05) is 0 Å². The number of hydrogen-bond donors (Lipinski definition) is 1. The number of hydrogen-bond acceptors (Lipinski definition) is 6. The van der Waals surface area contributed by atoms with Crippen LogP contribution in [0.4, 0.5) is 5.69 Å². The van der Waals surface area contributed by atoms with Gasteiger partial charge in [-0.05, 0) is 42.0 Å². The van der Waals surface area contributed by atoms with Crippen LogP contribution in [-0.4, -0.2) is 38.2 Å². The summed E-state index contributed by atoms with van der Waals surface area (Å²) in [5, 5.41) is 3.18. The SMILES string of the molecule is COC(=O)c1ccc(C(=O)OC)c(NC(=O)[C@H]2Cc3cc(Cl)ccc3O2)c1. The number of anilines is 1. The Kier molecular flexibility index (Phi) is 5.32. The third-order valence-electron chi connectivity index (χ3n) is 4.09. The van der Waals surface area contributed by atoms with Crippen molar-refractivity contribution in [3.63, 3.8) is 0 Å². The van der Waals surface area contributed by atoms with E-state index in [9.17, 15) is 14.4 Å². The van der Waals surface area contributed by atoms with Gasteiger partial charge in [-0.3, -0.25) is 4.79 Å². The molecule has 7 nitrogen and oxygen atoms in total. The minimum Gasteiger partial charge on any atom is -0.480 e. The first-order valence-electron chi connectivity index (χ1n) is 7.99. The van der Waals surface area contributed by atoms with E-state index in [4.69, 9.17) is 21.1 Å². The van der Waals surface area contributed by atoms with Gasteiger partial charge in [-0.25, -0.2) is 9.59 Å². The molecule has 0 unspecified atom stereocenters. The Balaban J connectivity index is 1.84. The van der Waals surface area contributed by atoms with Crippen molar-refractivity contribution in [1.82, 2.24) is 0 Å². The minimum absolute atomic E-state index is 0.108. The molecule has 0 fully saturated rings. The van der Waals surface area contributed by atoms with Crippen LogP contribution in [0.2, 0.25) is 5.02 Å². The summed E-state index contributed by atoms with van der Waals surface area (Å²) in [7, 11) is 2.46. The average molecular weight is 390 g/mol. The molecule has 140 valence electrons. The highest BCUT2D eigenvalue weighted by Gasteiger charge is 2.30. The summed E-state index contributed by atoms with van der Waals surface area (Å²) in [6.45, 7) is 0. The van der Waals surface area contributed by atoms with E-state index >= 15 is 0 Å². The molecule has 1 heterocycles. The van der Waals surface area contributed by atoms with Crippen LogP contribution in [0.15, 0.2) is 36.4 Å². The Hall–Kier alpha value is -3.06. The van der Waals surface area contributed by atoms with Crippen molar-refractivity contribution in [2.45, 2.75) is 12.5 Å². The number of halogens is 1. The quantitative estimate of drug-likeness (QED) is 0.808. The van der Waals surface area contributed by atoms with Gasteiger partial charge in [0.25, 0.3) is 5.91 Å². The van der Waals surface area contributed by atoms with Crippen molar-refractivity contribution < 1.29 is 28.6 Å². The molecule has 0 aliphatic carbocycles. The van der Waals surface area contributed by atoms with Gasteiger partial charge in [0.15, 0.2) is 6.10 Å². The fourth-order valence-electron chi connectivity index (χ4n) is 2.76. The molecule has 1 aliphatic heterocycles. The maximum atomic E-state index is 12.6. The molecule has 0 radical (unpaired) electrons. The molecule has 0 saturated carbocycles. The Morgan fingerprint density at radius 1 is 1.07 bits per heavy atom. The average Bonchev–Trinajstić information content (AvgIpc) is 3.10. The molecule has 1 N–H and O–H groups in total. The summed E-state index contributed by atoms with van der Waals surface area (Å²) in [5.41, 5.74) is 1.24. The molecular formula is C19H16ClNO6. The molecule has 0 spiro atoms. The van der Waals surface area contributed by atoms with Crippen LogP contribution in [0.5, 0.6) is 5.75 Å². The van der Waals surface area contributed by atoms with E-state index < -0.39 is 23.9 Å². The number of fused-ring (bicyclic) bond motifs is 1. The molecule has 2 aromatic carbocycles. The number of carbonyl (C=O) groups is 3. The van der Waals surface area contributed by atoms with Gasteiger partial charge in [-0.1, -0.05) is 11.6 Å². The summed E-state index contributed by atoms with van der Waals surface area (Å²) >= 11 is 5.96. The highest BCUT2D eigenvalue weighted by Crippen LogP contribution is 2.32. The molecule has 0 aromatic heterocycles. The number of benzene rings is 2. The van der Waals surface area contributed by atoms with Gasteiger partial charge in [0.2, 0.25) is 0 Å². The first-order chi connectivity index (χ1) is 12.9. The van der Waals surface area contributed by atoms with E-state index in [1.54, 1.807) is 18.2 Å². The third kappa shape index (κ3) is 3.88. The van der Waals surface area contributed by atoms with E-state index in [1.165, 1.54) is 32.4 Å². The van der Waals surface area contributed by atoms with E-state index in [-0.39, 0.29) is 16.8 Å². The summed E-state index contributed by atoms with van der Waals surface area (Å²) in [6.07, 6.45) is -0.447. The highest BCUT2D eigenvalue weighted by molar-refractivity contribution is 6.30. The minimum atomic E-state index is -0.786. The van der Waals surface area contributed by atoms with Crippen LogP contribution in [-0.2, 0) is 20.7 Å². The summed E-state index contributed by atoms with van der Waals surface area (Å²) in [5.74, 6) is -1.13. The van der Waals surface area contributed by atoms with Crippen molar-refractivity contribution in [3.05, 3.63) is 58.1 Å². The predicted molar refractivity (Wildman–Crippen MR) is 97.3 cm³/mol. The molecule has 0 bridgehead atoms. The standard InChI is InChI=1S/C19H16ClNO6/c1-25-18(23)10-3-5-13(19(24)26-2)14(8-10)21-17(22)16-9-11-7-12(20)4-6-15(11)27-16/h3-8,16H,9H2,1-2H3,(H,21,22)/t16-/m1/s1. The Morgan fingerprint density at radius 3 is 2.52 bits per heavy atom. The summed E-state index contributed by atoms with van der Waals surface area (Å²) in [4.78, 5) is 36.4. The Morgan fingerprint density at radius 2 is 1.81 bits per heavy atom. The fourth-order valence-corrected chi connectivity index (χ4v) is 2.95. The van der Waals surface area contributed by atoms with Gasteiger partial charge in [0, 0.05) is 11.4 Å². The number of rotatable bonds is 4. The number of amides is 1. The van der Waals surface area contributed by atoms with Gasteiger partial charge in [-0.15, -0.1) is 0 Å². The number of methoxy groups -OCH3 is 2. The second-order valence-corrected chi connectivity index (χ2v) is 6.23. The van der Waals surface area contributed by atoms with Gasteiger partial charge in [0.1, 0.15) is 5.75 Å². The van der Waals surface area contributed by atoms with Crippen molar-refractivity contribution in [2.24, 2.45) is 0 Å². The Bertz CT molecular complexity index is 926. The zero-order valence-corrected chi connectivity index (χ0v) is 15.3. The molecule has 1 atom stereocenters. The first kappa shape index (κ1) is 18.7. The molecular weight excluding hydrogens is 374 g/mol. The van der Waals surface area contributed by atoms with Crippen LogP contribution in [0, 0.1) is 0 Å². The molecule has 8 heteroatoms. The van der Waals surface area contributed by atoms with Gasteiger partial charge >= 0.3 is 11.9 Å². The highest BCUT2D eigenvalue weighted by atomic mass is 35.5. The molecule has 27 heavy (non-hydrogen) atoms. The number of carbonyl (C=O) groups excluding carboxylic acids is 3. The van der Waals surface area contributed by atoms with Crippen molar-refractivity contribution >= 4 is 35.1 Å². The van der Waals surface area contributed by atoms with E-state index in [0.29, 0.717) is 17.2 Å². The molecule has 3 rings (SSSR count). The van der Waals surface area contributed by atoms with Crippen LogP contribution in [0.3, 0.4) is 0 Å². The normalized spacial score (nSPS) is 14.7. The summed E-state index contributed by atoms with van der Waals surface area (Å²) < 4.78 is 15.0. The van der Waals surface area contributed by atoms with Crippen LogP contribution < -0.4 is 10.1 Å². The lowest BCUT2D eigenvalue weighted by atomic mass is 10.1. The smallest absolute Gasteiger partial charge is 0.339 e. The van der Waals surface area contributed by atoms with Gasteiger partial charge < -0.3 is 19.5 Å². The van der Waals surface area contributed by atoms with Crippen molar-refractivity contribution in [3.8, 4) is 5.75 Å². The lowest BCUT2D eigenvalue weighted by molar-refractivity contribution is -0.122. The largest absolute Gasteiger partial charge is 0.480 e. The predicted octanol–water partition coefficient (Wildman–Crippen LogP) is 2.86. The van der Waals surface area contributed by atoms with Gasteiger partial charge in [-0.2, -0.15) is 0 Å². The van der Waals surface area contributed by atoms with Crippen LogP contribution in [0.1, 0.15) is 26.3 Å². The van der Waals surface area contributed by atoms with Crippen molar-refractivity contribution in [1.29, 1.82) is 0 Å². The molecule has 0 saturated heterocycles. The zero-order valence-electron chi connectivity index (χ0n) is 14.6. The lowest BCUT2D eigenvalue weighted by Gasteiger charge is -2.14. The van der Waals surface area contributed by atoms with Gasteiger partial charge in [0.05, 0.1) is 31.0 Å². The first-order valence-corrected chi connectivity index (χ1v) is 8.37. The maximum Gasteiger partial charge on any atom is 0.339 e. The Labute approximate surface area is 160 Å². The van der Waals surface area contributed by atoms with Crippen molar-refractivity contribution in [2.75, 3.05) is 19.5 Å². The summed E-state index contributed by atoms with van der Waals surface area (Å²) in [6, 6.07) is 9.27. The van der Waals surface area contributed by atoms with Crippen LogP contribution >= 0.6 is 11.6 Å². The number of esters is 2. The second kappa shape index (κ2) is 7.67. The second-order valence-electron chi connectivity index (χ2n) is 5.80. The van der Waals surface area contributed by atoms with Crippen LogP contribution in [0.25, 0.3) is 0 Å². The topological polar surface area (TPSA) is 90.9 Å². The maximum absolute atomic E-state index is 12.6. The fraction of sp³-hybridized carbons (Fsp3) is 0.211. The number of nitrogens with one attached hydrogen (secondary N) is 1. The molecule has 1 amide bonds. The van der Waals surface area contributed by atoms with E-state index in [2.05, 4.69) is 10.1 Å². The molecule has 2 aromatic rings. The lowest BCUT2D eigenvalue weighted by Crippen LogP contribution is -2.32. The zero-order chi connectivity index (χ0) is 19.6.